The van der Waals surface area contributed by atoms with Crippen LogP contribution in [0, 0.1) is 34.0 Å². The molecule has 0 aromatic heterocycles. The van der Waals surface area contributed by atoms with Crippen molar-refractivity contribution in [3.63, 3.8) is 0 Å². The minimum atomic E-state index is -0.0849. The molecule has 4 aliphatic carbocycles. The predicted molar refractivity (Wildman–Crippen MR) is 109 cm³/mol. The van der Waals surface area contributed by atoms with Crippen molar-refractivity contribution in [3.8, 4) is 0 Å². The molecule has 4 rings (SSSR count). The predicted octanol–water partition coefficient (Wildman–Crippen LogP) is 6.14. The van der Waals surface area contributed by atoms with Crippen LogP contribution in [0.3, 0.4) is 0 Å². The fraction of sp³-hybridized carbons (Fsp3) is 0.909. The molecule has 24 heavy (non-hydrogen) atoms. The van der Waals surface area contributed by atoms with Gasteiger partial charge in [0.15, 0.2) is 0 Å². The van der Waals surface area contributed by atoms with Crippen LogP contribution in [0.5, 0.6) is 0 Å². The quantitative estimate of drug-likeness (QED) is 0.294. The normalized spacial score (nSPS) is 55.2. The van der Waals surface area contributed by atoms with Gasteiger partial charge in [-0.15, -0.1) is 0 Å². The molecule has 3 fully saturated rings. The number of rotatable bonds is 1. The van der Waals surface area contributed by atoms with E-state index in [4.69, 9.17) is 0 Å². The molecule has 8 atom stereocenters. The van der Waals surface area contributed by atoms with Crippen LogP contribution in [-0.4, -0.2) is 15.1 Å². The smallest absolute Gasteiger partial charge is 0.0577 e. The molecule has 0 aliphatic heterocycles. The van der Waals surface area contributed by atoms with Gasteiger partial charge in [-0.25, -0.2) is 0 Å². The Morgan fingerprint density at radius 2 is 1.79 bits per heavy atom. The van der Waals surface area contributed by atoms with E-state index in [0.29, 0.717) is 16.2 Å². The van der Waals surface area contributed by atoms with E-state index >= 15 is 0 Å². The van der Waals surface area contributed by atoms with E-state index in [1.807, 2.05) is 0 Å². The average molecular weight is 442 g/mol. The van der Waals surface area contributed by atoms with Gasteiger partial charge in [-0.2, -0.15) is 0 Å². The number of allylic oxidation sites excluding steroid dienone is 1. The highest BCUT2D eigenvalue weighted by Crippen LogP contribution is 2.71. The molecule has 0 amide bonds. The van der Waals surface area contributed by atoms with Crippen molar-refractivity contribution >= 4 is 22.6 Å². The minimum absolute atomic E-state index is 0.0849. The Morgan fingerprint density at radius 3 is 2.50 bits per heavy atom. The van der Waals surface area contributed by atoms with Gasteiger partial charge in [-0.3, -0.25) is 0 Å². The van der Waals surface area contributed by atoms with Gasteiger partial charge in [-0.1, -0.05) is 61.9 Å². The SMILES string of the molecule is CC(I)C1CCC2C1(C)CCC1C3(C)CCC(O)CC3=CC[C@@]12C. The number of halogens is 1. The summed E-state index contributed by atoms with van der Waals surface area (Å²) in [6.07, 6.45) is 12.6. The molecule has 3 saturated carbocycles. The number of aliphatic hydroxyl groups excluding tert-OH is 1. The highest BCUT2D eigenvalue weighted by atomic mass is 127. The highest BCUT2D eigenvalue weighted by Gasteiger charge is 2.63. The molecule has 1 nitrogen and oxygen atoms in total. The van der Waals surface area contributed by atoms with Crippen LogP contribution in [0.4, 0.5) is 0 Å². The molecule has 0 aromatic carbocycles. The maximum absolute atomic E-state index is 10.2. The van der Waals surface area contributed by atoms with Gasteiger partial charge in [0.1, 0.15) is 0 Å². The number of hydrogen-bond acceptors (Lipinski definition) is 1. The summed E-state index contributed by atoms with van der Waals surface area (Å²) in [5.41, 5.74) is 3.00. The van der Waals surface area contributed by atoms with Crippen LogP contribution in [0.15, 0.2) is 11.6 Å². The van der Waals surface area contributed by atoms with Crippen molar-refractivity contribution in [1.82, 2.24) is 0 Å². The Hall–Kier alpha value is 0.430. The van der Waals surface area contributed by atoms with E-state index in [-0.39, 0.29) is 6.10 Å². The van der Waals surface area contributed by atoms with Crippen LogP contribution in [-0.2, 0) is 0 Å². The lowest BCUT2D eigenvalue weighted by atomic mass is 9.41. The van der Waals surface area contributed by atoms with Crippen molar-refractivity contribution < 1.29 is 5.11 Å². The van der Waals surface area contributed by atoms with Gasteiger partial charge in [-0.05, 0) is 85.4 Å². The molecule has 2 heteroatoms. The van der Waals surface area contributed by atoms with Gasteiger partial charge < -0.3 is 5.11 Å². The first-order valence-corrected chi connectivity index (χ1v) is 11.5. The third kappa shape index (κ3) is 2.27. The zero-order valence-electron chi connectivity index (χ0n) is 15.9. The zero-order chi connectivity index (χ0) is 17.3. The number of fused-ring (bicyclic) bond motifs is 5. The van der Waals surface area contributed by atoms with Crippen LogP contribution < -0.4 is 0 Å². The molecule has 136 valence electrons. The largest absolute Gasteiger partial charge is 0.393 e. The van der Waals surface area contributed by atoms with Crippen molar-refractivity contribution in [2.45, 2.75) is 89.1 Å². The molecule has 0 bridgehead atoms. The molecule has 0 radical (unpaired) electrons. The Kier molecular flexibility index (Phi) is 4.24. The van der Waals surface area contributed by atoms with E-state index in [0.717, 1.165) is 34.5 Å². The third-order valence-corrected chi connectivity index (χ3v) is 10.1. The lowest BCUT2D eigenvalue weighted by Gasteiger charge is -2.63. The summed E-state index contributed by atoms with van der Waals surface area (Å²) >= 11 is 2.69. The molecule has 7 unspecified atom stereocenters. The summed E-state index contributed by atoms with van der Waals surface area (Å²) in [5.74, 6) is 2.64. The summed E-state index contributed by atoms with van der Waals surface area (Å²) in [6, 6.07) is 0. The van der Waals surface area contributed by atoms with Crippen molar-refractivity contribution in [2.24, 2.45) is 34.0 Å². The Balaban J connectivity index is 1.72. The Morgan fingerprint density at radius 1 is 1.04 bits per heavy atom. The fourth-order valence-electron chi connectivity index (χ4n) is 8.09. The summed E-state index contributed by atoms with van der Waals surface area (Å²) in [4.78, 5) is 0. The number of aliphatic hydroxyl groups is 1. The lowest BCUT2D eigenvalue weighted by molar-refractivity contribution is -0.108. The first-order valence-electron chi connectivity index (χ1n) is 10.2. The van der Waals surface area contributed by atoms with Gasteiger partial charge in [0.25, 0.3) is 0 Å². The summed E-state index contributed by atoms with van der Waals surface area (Å²) in [7, 11) is 0. The molecule has 1 N–H and O–H groups in total. The fourth-order valence-corrected chi connectivity index (χ4v) is 9.27. The number of hydrogen-bond donors (Lipinski definition) is 1. The molecule has 0 saturated heterocycles. The van der Waals surface area contributed by atoms with E-state index in [1.165, 1.54) is 38.5 Å². The van der Waals surface area contributed by atoms with Crippen LogP contribution in [0.2, 0.25) is 0 Å². The number of alkyl halides is 1. The van der Waals surface area contributed by atoms with Crippen LogP contribution in [0.1, 0.15) is 79.1 Å². The summed E-state index contributed by atoms with van der Waals surface area (Å²) in [6.45, 7) is 10.3. The highest BCUT2D eigenvalue weighted by molar-refractivity contribution is 14.1. The lowest BCUT2D eigenvalue weighted by Crippen LogP contribution is -2.56. The molecule has 0 aromatic rings. The minimum Gasteiger partial charge on any atom is -0.393 e. The second-order valence-corrected chi connectivity index (χ2v) is 12.2. The Bertz CT molecular complexity index is 554. The molecular formula is C22H35IO. The van der Waals surface area contributed by atoms with Gasteiger partial charge in [0.2, 0.25) is 0 Å². The summed E-state index contributed by atoms with van der Waals surface area (Å²) in [5, 5.41) is 10.2. The molecule has 0 heterocycles. The van der Waals surface area contributed by atoms with Gasteiger partial charge in [0.05, 0.1) is 6.10 Å². The van der Waals surface area contributed by atoms with E-state index in [9.17, 15) is 5.11 Å². The van der Waals surface area contributed by atoms with Gasteiger partial charge >= 0.3 is 0 Å². The molecule has 0 spiro atoms. The molecule has 4 aliphatic rings. The average Bonchev–Trinajstić information content (AvgIpc) is 2.87. The van der Waals surface area contributed by atoms with Crippen molar-refractivity contribution in [3.05, 3.63) is 11.6 Å². The van der Waals surface area contributed by atoms with Crippen LogP contribution >= 0.6 is 22.6 Å². The maximum atomic E-state index is 10.2. The third-order valence-electron chi connectivity index (χ3n) is 9.27. The molecular weight excluding hydrogens is 407 g/mol. The van der Waals surface area contributed by atoms with E-state index in [1.54, 1.807) is 5.57 Å². The van der Waals surface area contributed by atoms with Gasteiger partial charge in [0, 0.05) is 3.92 Å². The van der Waals surface area contributed by atoms with Crippen LogP contribution in [0.25, 0.3) is 0 Å². The summed E-state index contributed by atoms with van der Waals surface area (Å²) < 4.78 is 0.799. The van der Waals surface area contributed by atoms with Crippen molar-refractivity contribution in [1.29, 1.82) is 0 Å². The standard InChI is InChI=1S/C22H35IO/c1-14(23)17-5-6-18-21(17,3)12-9-19-20(2)11-8-16(24)13-15(20)7-10-22(18,19)4/h7,14,16-19,24H,5-6,8-13H2,1-4H3/t14?,16?,17?,18?,19?,20?,21?,22-/m1/s1. The van der Waals surface area contributed by atoms with E-state index in [2.05, 4.69) is 56.4 Å². The Labute approximate surface area is 162 Å². The maximum Gasteiger partial charge on any atom is 0.0577 e. The first-order chi connectivity index (χ1) is 11.2. The second kappa shape index (κ2) is 5.71. The zero-order valence-corrected chi connectivity index (χ0v) is 18.1. The first kappa shape index (κ1) is 17.8. The topological polar surface area (TPSA) is 20.2 Å². The second-order valence-electron chi connectivity index (χ2n) is 10.3. The van der Waals surface area contributed by atoms with E-state index < -0.39 is 0 Å². The van der Waals surface area contributed by atoms with Crippen molar-refractivity contribution in [2.75, 3.05) is 0 Å². The monoisotopic (exact) mass is 442 g/mol.